The molecule has 0 saturated heterocycles. The van der Waals surface area contributed by atoms with E-state index in [4.69, 9.17) is 5.73 Å². The number of hydrogen-bond acceptors (Lipinski definition) is 5. The minimum absolute atomic E-state index is 0.0499. The molecule has 0 aliphatic carbocycles. The summed E-state index contributed by atoms with van der Waals surface area (Å²) in [5, 5.41) is 4.80. The Hall–Kier alpha value is -3.00. The van der Waals surface area contributed by atoms with Crippen molar-refractivity contribution in [2.75, 3.05) is 5.32 Å². The average Bonchev–Trinajstić information content (AvgIpc) is 3.17. The fourth-order valence-corrected chi connectivity index (χ4v) is 2.75. The number of aromatic nitrogens is 3. The predicted octanol–water partition coefficient (Wildman–Crippen LogP) is 1.61. The standard InChI is InChI=1S/C15H13N5O2S/c16-13(21)6-10-8-23-15(18-10)19-14(22)12-7-17-9-20(12)11-4-2-1-3-5-11/h1-5,7-9H,6H2,(H2,16,21)(H,18,19,22). The molecule has 2 heterocycles. The first-order valence-electron chi connectivity index (χ1n) is 6.75. The number of benzene rings is 1. The van der Waals surface area contributed by atoms with Crippen LogP contribution in [0.5, 0.6) is 0 Å². The molecule has 0 radical (unpaired) electrons. The lowest BCUT2D eigenvalue weighted by atomic mass is 10.3. The van der Waals surface area contributed by atoms with Crippen LogP contribution in [0.3, 0.4) is 0 Å². The molecule has 23 heavy (non-hydrogen) atoms. The topological polar surface area (TPSA) is 103 Å². The van der Waals surface area contributed by atoms with Crippen LogP contribution in [0.25, 0.3) is 5.69 Å². The van der Waals surface area contributed by atoms with E-state index in [0.717, 1.165) is 5.69 Å². The maximum atomic E-state index is 12.4. The van der Waals surface area contributed by atoms with Gasteiger partial charge in [-0.15, -0.1) is 11.3 Å². The third kappa shape index (κ3) is 3.43. The van der Waals surface area contributed by atoms with Crippen LogP contribution in [-0.4, -0.2) is 26.3 Å². The van der Waals surface area contributed by atoms with E-state index in [1.807, 2.05) is 30.3 Å². The number of nitrogens with two attached hydrogens (primary N) is 1. The van der Waals surface area contributed by atoms with Crippen LogP contribution in [-0.2, 0) is 11.2 Å². The number of carbonyl (C=O) groups excluding carboxylic acids is 2. The lowest BCUT2D eigenvalue weighted by molar-refractivity contribution is -0.117. The minimum Gasteiger partial charge on any atom is -0.369 e. The Balaban J connectivity index is 1.78. The third-order valence-corrected chi connectivity index (χ3v) is 3.84. The van der Waals surface area contributed by atoms with Gasteiger partial charge in [-0.25, -0.2) is 9.97 Å². The van der Waals surface area contributed by atoms with Gasteiger partial charge >= 0.3 is 0 Å². The van der Waals surface area contributed by atoms with E-state index < -0.39 is 5.91 Å². The summed E-state index contributed by atoms with van der Waals surface area (Å²) < 4.78 is 1.69. The van der Waals surface area contributed by atoms with Gasteiger partial charge in [0.2, 0.25) is 5.91 Å². The normalized spacial score (nSPS) is 10.4. The molecule has 116 valence electrons. The summed E-state index contributed by atoms with van der Waals surface area (Å²) in [5.41, 5.74) is 6.89. The van der Waals surface area contributed by atoms with Gasteiger partial charge in [0.15, 0.2) is 5.13 Å². The molecule has 8 heteroatoms. The summed E-state index contributed by atoms with van der Waals surface area (Å²) in [6.45, 7) is 0. The van der Waals surface area contributed by atoms with E-state index in [1.165, 1.54) is 17.5 Å². The van der Waals surface area contributed by atoms with Crippen LogP contribution in [0, 0.1) is 0 Å². The number of rotatable bonds is 5. The van der Waals surface area contributed by atoms with Crippen molar-refractivity contribution < 1.29 is 9.59 Å². The summed E-state index contributed by atoms with van der Waals surface area (Å²) in [6, 6.07) is 9.43. The van der Waals surface area contributed by atoms with Gasteiger partial charge in [0, 0.05) is 11.1 Å². The Morgan fingerprint density at radius 2 is 2.04 bits per heavy atom. The van der Waals surface area contributed by atoms with Gasteiger partial charge in [-0.3, -0.25) is 19.5 Å². The second-order valence-electron chi connectivity index (χ2n) is 4.73. The van der Waals surface area contributed by atoms with Crippen LogP contribution in [0.4, 0.5) is 5.13 Å². The highest BCUT2D eigenvalue weighted by atomic mass is 32.1. The maximum absolute atomic E-state index is 12.4. The number of nitrogens with one attached hydrogen (secondary N) is 1. The molecule has 3 aromatic rings. The SMILES string of the molecule is NC(=O)Cc1csc(NC(=O)c2cncn2-c2ccccc2)n1. The Kier molecular flexibility index (Phi) is 4.15. The molecule has 0 atom stereocenters. The number of imidazole rings is 1. The number of amides is 2. The number of anilines is 1. The molecule has 3 N–H and O–H groups in total. The monoisotopic (exact) mass is 327 g/mol. The van der Waals surface area contributed by atoms with Crippen molar-refractivity contribution in [1.82, 2.24) is 14.5 Å². The van der Waals surface area contributed by atoms with Gasteiger partial charge in [0.25, 0.3) is 5.91 Å². The molecule has 0 unspecified atom stereocenters. The number of nitrogens with zero attached hydrogens (tertiary/aromatic N) is 3. The molecule has 7 nitrogen and oxygen atoms in total. The highest BCUT2D eigenvalue weighted by Gasteiger charge is 2.15. The van der Waals surface area contributed by atoms with Crippen LogP contribution < -0.4 is 11.1 Å². The largest absolute Gasteiger partial charge is 0.369 e. The highest BCUT2D eigenvalue weighted by molar-refractivity contribution is 7.14. The highest BCUT2D eigenvalue weighted by Crippen LogP contribution is 2.18. The molecule has 0 saturated carbocycles. The fraction of sp³-hybridized carbons (Fsp3) is 0.0667. The lowest BCUT2D eigenvalue weighted by Gasteiger charge is -2.07. The molecule has 0 fully saturated rings. The van der Waals surface area contributed by atoms with Crippen LogP contribution in [0.1, 0.15) is 16.2 Å². The molecular formula is C15H13N5O2S. The zero-order valence-corrected chi connectivity index (χ0v) is 12.8. The van der Waals surface area contributed by atoms with Gasteiger partial charge in [0.05, 0.1) is 24.6 Å². The molecule has 0 bridgehead atoms. The second-order valence-corrected chi connectivity index (χ2v) is 5.58. The first kappa shape index (κ1) is 14.9. The van der Waals surface area contributed by atoms with Gasteiger partial charge in [-0.1, -0.05) is 18.2 Å². The zero-order valence-electron chi connectivity index (χ0n) is 12.0. The van der Waals surface area contributed by atoms with E-state index in [2.05, 4.69) is 15.3 Å². The third-order valence-electron chi connectivity index (χ3n) is 3.03. The molecule has 3 rings (SSSR count). The molecule has 0 spiro atoms. The van der Waals surface area contributed by atoms with Crippen molar-refractivity contribution in [1.29, 1.82) is 0 Å². The molecule has 0 aliphatic heterocycles. The quantitative estimate of drug-likeness (QED) is 0.743. The van der Waals surface area contributed by atoms with Crippen molar-refractivity contribution >= 4 is 28.3 Å². The van der Waals surface area contributed by atoms with Gasteiger partial charge in [0.1, 0.15) is 5.69 Å². The predicted molar refractivity (Wildman–Crippen MR) is 86.5 cm³/mol. The van der Waals surface area contributed by atoms with Crippen molar-refractivity contribution in [2.45, 2.75) is 6.42 Å². The van der Waals surface area contributed by atoms with Crippen molar-refractivity contribution in [3.05, 3.63) is 59.6 Å². The van der Waals surface area contributed by atoms with Gasteiger partial charge in [-0.2, -0.15) is 0 Å². The molecule has 1 aromatic carbocycles. The van der Waals surface area contributed by atoms with Crippen LogP contribution in [0.2, 0.25) is 0 Å². The number of hydrogen-bond donors (Lipinski definition) is 2. The Bertz CT molecular complexity index is 840. The number of para-hydroxylation sites is 1. The molecule has 2 amide bonds. The van der Waals surface area contributed by atoms with Crippen LogP contribution in [0.15, 0.2) is 48.2 Å². The Morgan fingerprint density at radius 1 is 1.26 bits per heavy atom. The van der Waals surface area contributed by atoms with Crippen molar-refractivity contribution in [3.63, 3.8) is 0 Å². The Labute approximate surface area is 135 Å². The summed E-state index contributed by atoms with van der Waals surface area (Å²) in [7, 11) is 0. The van der Waals surface area contributed by atoms with E-state index in [0.29, 0.717) is 16.5 Å². The van der Waals surface area contributed by atoms with Crippen molar-refractivity contribution in [2.24, 2.45) is 5.73 Å². The summed E-state index contributed by atoms with van der Waals surface area (Å²) >= 11 is 1.24. The van der Waals surface area contributed by atoms with E-state index >= 15 is 0 Å². The van der Waals surface area contributed by atoms with Crippen molar-refractivity contribution in [3.8, 4) is 5.69 Å². The number of primary amides is 1. The second kappa shape index (κ2) is 6.41. The molecule has 2 aromatic heterocycles. The molecular weight excluding hydrogens is 314 g/mol. The minimum atomic E-state index is -0.463. The lowest BCUT2D eigenvalue weighted by Crippen LogP contribution is -2.16. The number of carbonyl (C=O) groups is 2. The average molecular weight is 327 g/mol. The zero-order chi connectivity index (χ0) is 16.2. The maximum Gasteiger partial charge on any atom is 0.276 e. The van der Waals surface area contributed by atoms with E-state index in [-0.39, 0.29) is 12.3 Å². The van der Waals surface area contributed by atoms with Gasteiger partial charge in [-0.05, 0) is 12.1 Å². The van der Waals surface area contributed by atoms with E-state index in [9.17, 15) is 9.59 Å². The van der Waals surface area contributed by atoms with Crippen LogP contribution >= 0.6 is 11.3 Å². The smallest absolute Gasteiger partial charge is 0.276 e. The Morgan fingerprint density at radius 3 is 2.78 bits per heavy atom. The molecule has 0 aliphatic rings. The summed E-state index contributed by atoms with van der Waals surface area (Å²) in [6.07, 6.45) is 3.11. The summed E-state index contributed by atoms with van der Waals surface area (Å²) in [5.74, 6) is -0.790. The number of thiazole rings is 1. The van der Waals surface area contributed by atoms with Gasteiger partial charge < -0.3 is 5.73 Å². The van der Waals surface area contributed by atoms with E-state index in [1.54, 1.807) is 16.3 Å². The summed E-state index contributed by atoms with van der Waals surface area (Å²) in [4.78, 5) is 31.5. The first-order valence-corrected chi connectivity index (χ1v) is 7.63. The first-order chi connectivity index (χ1) is 11.1. The fourth-order valence-electron chi connectivity index (χ4n) is 2.04.